The highest BCUT2D eigenvalue weighted by atomic mass is 16.5. The normalized spacial score (nSPS) is 19.8. The van der Waals surface area contributed by atoms with Gasteiger partial charge in [-0.15, -0.1) is 0 Å². The van der Waals surface area contributed by atoms with E-state index in [9.17, 15) is 0 Å². The van der Waals surface area contributed by atoms with Gasteiger partial charge in [0.05, 0.1) is 18.3 Å². The average Bonchev–Trinajstić information content (AvgIpc) is 2.83. The second-order valence-corrected chi connectivity index (χ2v) is 5.17. The summed E-state index contributed by atoms with van der Waals surface area (Å²) in [4.78, 5) is 0. The Balaban J connectivity index is 2.28. The molecule has 0 spiro atoms. The molecule has 1 aromatic heterocycles. The fourth-order valence-corrected chi connectivity index (χ4v) is 2.89. The molecule has 1 aromatic rings. The van der Waals surface area contributed by atoms with Crippen molar-refractivity contribution in [1.29, 1.82) is 0 Å². The highest BCUT2D eigenvalue weighted by molar-refractivity contribution is 5.27. The van der Waals surface area contributed by atoms with Gasteiger partial charge in [-0.1, -0.05) is 20.8 Å². The third-order valence-corrected chi connectivity index (χ3v) is 3.91. The lowest BCUT2D eigenvalue weighted by molar-refractivity contribution is 0.0538. The fraction of sp³-hybridized carbons (Fsp3) is 0.800. The summed E-state index contributed by atoms with van der Waals surface area (Å²) in [6.45, 7) is 10.2. The van der Waals surface area contributed by atoms with Crippen LogP contribution in [0.3, 0.4) is 0 Å². The van der Waals surface area contributed by atoms with Crippen molar-refractivity contribution in [1.82, 2.24) is 15.1 Å². The van der Waals surface area contributed by atoms with Gasteiger partial charge >= 0.3 is 0 Å². The van der Waals surface area contributed by atoms with Crippen molar-refractivity contribution in [2.24, 2.45) is 0 Å². The van der Waals surface area contributed by atoms with Crippen molar-refractivity contribution < 1.29 is 4.74 Å². The summed E-state index contributed by atoms with van der Waals surface area (Å²) in [5.74, 6) is 0. The van der Waals surface area contributed by atoms with Crippen LogP contribution in [0.15, 0.2) is 0 Å². The molecule has 0 bridgehead atoms. The van der Waals surface area contributed by atoms with Crippen LogP contribution in [0.4, 0.5) is 0 Å². The Hall–Kier alpha value is -0.870. The van der Waals surface area contributed by atoms with Crippen molar-refractivity contribution in [3.05, 3.63) is 17.0 Å². The monoisotopic (exact) mass is 265 g/mol. The maximum atomic E-state index is 5.62. The lowest BCUT2D eigenvalue weighted by Gasteiger charge is -2.24. The van der Waals surface area contributed by atoms with E-state index in [1.165, 1.54) is 23.4 Å². The van der Waals surface area contributed by atoms with Crippen LogP contribution >= 0.6 is 0 Å². The van der Waals surface area contributed by atoms with Crippen LogP contribution in [-0.2, 0) is 24.1 Å². The van der Waals surface area contributed by atoms with Gasteiger partial charge in [-0.2, -0.15) is 5.10 Å². The molecule has 4 heteroatoms. The largest absolute Gasteiger partial charge is 0.379 e. The van der Waals surface area contributed by atoms with Gasteiger partial charge in [0, 0.05) is 24.4 Å². The van der Waals surface area contributed by atoms with E-state index in [0.29, 0.717) is 6.04 Å². The highest BCUT2D eigenvalue weighted by Crippen LogP contribution is 2.25. The second-order valence-electron chi connectivity index (χ2n) is 5.17. The Kier molecular flexibility index (Phi) is 5.40. The number of ether oxygens (including phenoxy) is 1. The third-order valence-electron chi connectivity index (χ3n) is 3.91. The zero-order valence-electron chi connectivity index (χ0n) is 12.5. The summed E-state index contributed by atoms with van der Waals surface area (Å²) in [6, 6.07) is 0.435. The zero-order chi connectivity index (χ0) is 13.7. The van der Waals surface area contributed by atoms with E-state index in [2.05, 4.69) is 30.8 Å². The van der Waals surface area contributed by atoms with E-state index in [1.54, 1.807) is 0 Å². The van der Waals surface area contributed by atoms with E-state index in [0.717, 1.165) is 45.6 Å². The van der Waals surface area contributed by atoms with Crippen LogP contribution in [0, 0.1) is 0 Å². The van der Waals surface area contributed by atoms with Crippen LogP contribution < -0.4 is 5.32 Å². The van der Waals surface area contributed by atoms with E-state index in [-0.39, 0.29) is 0 Å². The van der Waals surface area contributed by atoms with Crippen molar-refractivity contribution in [2.75, 3.05) is 19.8 Å². The number of aryl methyl sites for hydroxylation is 1. The maximum Gasteiger partial charge on any atom is 0.0756 e. The maximum absolute atomic E-state index is 5.62. The molecule has 1 saturated heterocycles. The first-order chi connectivity index (χ1) is 9.31. The standard InChI is InChI=1S/C15H27N3O/c1-4-14-13(10-16-6-3)15(5-2)18(17-14)12-8-7-9-19-11-12/h12,16H,4-11H2,1-3H3. The summed E-state index contributed by atoms with van der Waals surface area (Å²) in [6.07, 6.45) is 4.40. The first-order valence-corrected chi connectivity index (χ1v) is 7.69. The molecule has 0 saturated carbocycles. The van der Waals surface area contributed by atoms with Gasteiger partial charge in [-0.05, 0) is 32.2 Å². The average molecular weight is 265 g/mol. The van der Waals surface area contributed by atoms with Crippen LogP contribution in [0.2, 0.25) is 0 Å². The highest BCUT2D eigenvalue weighted by Gasteiger charge is 2.23. The number of nitrogens with one attached hydrogen (secondary N) is 1. The number of aromatic nitrogens is 2. The molecule has 1 atom stereocenters. The van der Waals surface area contributed by atoms with Gasteiger partial charge in [0.25, 0.3) is 0 Å². The van der Waals surface area contributed by atoms with Gasteiger partial charge in [0.2, 0.25) is 0 Å². The molecule has 0 aromatic carbocycles. The molecule has 19 heavy (non-hydrogen) atoms. The smallest absolute Gasteiger partial charge is 0.0756 e. The molecule has 1 N–H and O–H groups in total. The fourth-order valence-electron chi connectivity index (χ4n) is 2.89. The van der Waals surface area contributed by atoms with Gasteiger partial charge in [-0.3, -0.25) is 4.68 Å². The number of nitrogens with zero attached hydrogens (tertiary/aromatic N) is 2. The Bertz CT molecular complexity index is 394. The molecular formula is C15H27N3O. The second kappa shape index (κ2) is 7.06. The van der Waals surface area contributed by atoms with E-state index >= 15 is 0 Å². The van der Waals surface area contributed by atoms with Crippen molar-refractivity contribution in [3.63, 3.8) is 0 Å². The SMILES string of the molecule is CCNCc1c(CC)nn(C2CCCOC2)c1CC. The molecule has 1 aliphatic heterocycles. The van der Waals surface area contributed by atoms with E-state index < -0.39 is 0 Å². The molecule has 0 aliphatic carbocycles. The Morgan fingerprint density at radius 2 is 2.16 bits per heavy atom. The number of hydrogen-bond donors (Lipinski definition) is 1. The molecule has 0 radical (unpaired) electrons. The number of hydrogen-bond acceptors (Lipinski definition) is 3. The van der Waals surface area contributed by atoms with Gasteiger partial charge in [-0.25, -0.2) is 0 Å². The quantitative estimate of drug-likeness (QED) is 0.859. The topological polar surface area (TPSA) is 39.1 Å². The van der Waals surface area contributed by atoms with Gasteiger partial charge < -0.3 is 10.1 Å². The predicted molar refractivity (Wildman–Crippen MR) is 77.5 cm³/mol. The molecule has 1 aliphatic rings. The lowest BCUT2D eigenvalue weighted by Crippen LogP contribution is -2.24. The predicted octanol–water partition coefficient (Wildman–Crippen LogP) is 2.47. The molecule has 0 amide bonds. The molecule has 2 rings (SSSR count). The minimum absolute atomic E-state index is 0.435. The molecule has 4 nitrogen and oxygen atoms in total. The van der Waals surface area contributed by atoms with Crippen molar-refractivity contribution in [3.8, 4) is 0 Å². The zero-order valence-corrected chi connectivity index (χ0v) is 12.5. The summed E-state index contributed by atoms with van der Waals surface area (Å²) in [5.41, 5.74) is 4.06. The Morgan fingerprint density at radius 3 is 2.74 bits per heavy atom. The van der Waals surface area contributed by atoms with Gasteiger partial charge in [0.15, 0.2) is 0 Å². The van der Waals surface area contributed by atoms with E-state index in [1.807, 2.05) is 0 Å². The molecule has 1 unspecified atom stereocenters. The van der Waals surface area contributed by atoms with Crippen molar-refractivity contribution in [2.45, 2.75) is 59.0 Å². The summed E-state index contributed by atoms with van der Waals surface area (Å²) >= 11 is 0. The Morgan fingerprint density at radius 1 is 1.32 bits per heavy atom. The van der Waals surface area contributed by atoms with Crippen LogP contribution in [0.5, 0.6) is 0 Å². The summed E-state index contributed by atoms with van der Waals surface area (Å²) in [5, 5.41) is 8.32. The van der Waals surface area contributed by atoms with E-state index in [4.69, 9.17) is 9.84 Å². The minimum atomic E-state index is 0.435. The first kappa shape index (κ1) is 14.5. The number of rotatable bonds is 6. The molecule has 1 fully saturated rings. The first-order valence-electron chi connectivity index (χ1n) is 7.69. The molecule has 2 heterocycles. The van der Waals surface area contributed by atoms with Gasteiger partial charge in [0.1, 0.15) is 0 Å². The van der Waals surface area contributed by atoms with Crippen LogP contribution in [-0.4, -0.2) is 29.5 Å². The summed E-state index contributed by atoms with van der Waals surface area (Å²) < 4.78 is 7.88. The minimum Gasteiger partial charge on any atom is -0.379 e. The molecule has 108 valence electrons. The molecular weight excluding hydrogens is 238 g/mol. The van der Waals surface area contributed by atoms with Crippen LogP contribution in [0.1, 0.15) is 56.6 Å². The Labute approximate surface area is 116 Å². The lowest BCUT2D eigenvalue weighted by atomic mass is 10.1. The summed E-state index contributed by atoms with van der Waals surface area (Å²) in [7, 11) is 0. The van der Waals surface area contributed by atoms with Crippen LogP contribution in [0.25, 0.3) is 0 Å². The third kappa shape index (κ3) is 3.18. The van der Waals surface area contributed by atoms with Crippen molar-refractivity contribution >= 4 is 0 Å².